The van der Waals surface area contributed by atoms with Gasteiger partial charge in [-0.2, -0.15) is 13.2 Å². The van der Waals surface area contributed by atoms with Gasteiger partial charge < -0.3 is 19.7 Å². The second-order valence-electron chi connectivity index (χ2n) is 11.4. The van der Waals surface area contributed by atoms with E-state index in [1.807, 2.05) is 55.7 Å². The fourth-order valence-electron chi connectivity index (χ4n) is 5.07. The molecule has 1 aliphatic heterocycles. The monoisotopic (exact) mass is 579 g/mol. The van der Waals surface area contributed by atoms with Crippen molar-refractivity contribution in [3.63, 3.8) is 0 Å². The van der Waals surface area contributed by atoms with E-state index in [4.69, 9.17) is 9.72 Å². The Kier molecular flexibility index (Phi) is 8.05. The van der Waals surface area contributed by atoms with Gasteiger partial charge in [-0.1, -0.05) is 51.1 Å². The first kappa shape index (κ1) is 29.2. The van der Waals surface area contributed by atoms with Crippen molar-refractivity contribution < 1.29 is 27.8 Å². The summed E-state index contributed by atoms with van der Waals surface area (Å²) in [5, 5.41) is 13.3. The van der Waals surface area contributed by atoms with Crippen molar-refractivity contribution in [1.29, 1.82) is 0 Å². The van der Waals surface area contributed by atoms with E-state index in [1.165, 1.54) is 6.07 Å². The molecule has 2 aromatic heterocycles. The number of benzene rings is 2. The van der Waals surface area contributed by atoms with E-state index in [0.717, 1.165) is 17.8 Å². The van der Waals surface area contributed by atoms with Crippen molar-refractivity contribution >= 4 is 17.6 Å². The summed E-state index contributed by atoms with van der Waals surface area (Å²) in [6, 6.07) is 16.2. The molecule has 2 unspecified atom stereocenters. The standard InChI is InChI=1S/C31H32F3N5O3/c1-30(2,3)28-38-26(24-12-14-35-29(37-24)36-21-10-5-4-6-11-21)27(19-8-7-9-20(16-19)31(32,33)34)39(28)15-13-23-17-22(40)18-25(41)42-23/h4-12,14,16,22-23,40H,13,15,17-18H2,1-3H3,(H,35,36,37). The number of esters is 1. The summed E-state index contributed by atoms with van der Waals surface area (Å²) in [5.41, 5.74) is 1.10. The van der Waals surface area contributed by atoms with Crippen LogP contribution in [-0.2, 0) is 27.7 Å². The van der Waals surface area contributed by atoms with Crippen LogP contribution in [0.5, 0.6) is 0 Å². The first-order valence-electron chi connectivity index (χ1n) is 13.7. The Morgan fingerprint density at radius 2 is 1.81 bits per heavy atom. The van der Waals surface area contributed by atoms with Crippen LogP contribution >= 0.6 is 0 Å². The number of carbonyl (C=O) groups is 1. The van der Waals surface area contributed by atoms with Gasteiger partial charge >= 0.3 is 12.1 Å². The maximum Gasteiger partial charge on any atom is 0.416 e. The summed E-state index contributed by atoms with van der Waals surface area (Å²) >= 11 is 0. The molecule has 0 aliphatic carbocycles. The van der Waals surface area contributed by atoms with E-state index >= 15 is 0 Å². The lowest BCUT2D eigenvalue weighted by Gasteiger charge is -2.27. The molecule has 11 heteroatoms. The molecule has 0 spiro atoms. The summed E-state index contributed by atoms with van der Waals surface area (Å²) in [6.45, 7) is 6.20. The first-order chi connectivity index (χ1) is 19.9. The molecule has 4 aromatic rings. The lowest BCUT2D eigenvalue weighted by molar-refractivity contribution is -0.160. The predicted molar refractivity (Wildman–Crippen MR) is 152 cm³/mol. The number of rotatable bonds is 7. The number of aromatic nitrogens is 4. The van der Waals surface area contributed by atoms with Crippen molar-refractivity contribution in [3.8, 4) is 22.6 Å². The van der Waals surface area contributed by atoms with Gasteiger partial charge in [0.2, 0.25) is 5.95 Å². The Morgan fingerprint density at radius 1 is 1.05 bits per heavy atom. The van der Waals surface area contributed by atoms with Crippen LogP contribution in [0.25, 0.3) is 22.6 Å². The van der Waals surface area contributed by atoms with E-state index in [-0.39, 0.29) is 19.4 Å². The fraction of sp³-hybridized carbons (Fsp3) is 0.355. The van der Waals surface area contributed by atoms with Crippen molar-refractivity contribution in [2.24, 2.45) is 0 Å². The molecule has 0 bridgehead atoms. The van der Waals surface area contributed by atoms with E-state index < -0.39 is 35.3 Å². The summed E-state index contributed by atoms with van der Waals surface area (Å²) in [4.78, 5) is 25.9. The Morgan fingerprint density at radius 3 is 2.50 bits per heavy atom. The van der Waals surface area contributed by atoms with Crippen LogP contribution in [0, 0.1) is 0 Å². The van der Waals surface area contributed by atoms with E-state index in [2.05, 4.69) is 15.3 Å². The highest BCUT2D eigenvalue weighted by Crippen LogP contribution is 2.39. The smallest absolute Gasteiger partial charge is 0.416 e. The number of carbonyl (C=O) groups excluding carboxylic acids is 1. The molecule has 1 aliphatic rings. The van der Waals surface area contributed by atoms with Gasteiger partial charge in [0.15, 0.2) is 0 Å². The number of ether oxygens (including phenoxy) is 1. The van der Waals surface area contributed by atoms with Gasteiger partial charge in [-0.15, -0.1) is 0 Å². The zero-order valence-corrected chi connectivity index (χ0v) is 23.5. The Bertz CT molecular complexity index is 1560. The third-order valence-electron chi connectivity index (χ3n) is 6.94. The Balaban J connectivity index is 1.64. The summed E-state index contributed by atoms with van der Waals surface area (Å²) in [6.07, 6.45) is -3.72. The second-order valence-corrected chi connectivity index (χ2v) is 11.4. The molecule has 220 valence electrons. The highest BCUT2D eigenvalue weighted by Gasteiger charge is 2.33. The number of hydrogen-bond acceptors (Lipinski definition) is 7. The molecule has 3 heterocycles. The number of cyclic esters (lactones) is 1. The highest BCUT2D eigenvalue weighted by molar-refractivity contribution is 5.78. The lowest BCUT2D eigenvalue weighted by atomic mass is 9.95. The van der Waals surface area contributed by atoms with Crippen LogP contribution in [0.4, 0.5) is 24.8 Å². The van der Waals surface area contributed by atoms with Gasteiger partial charge in [0.05, 0.1) is 29.5 Å². The minimum atomic E-state index is -4.54. The van der Waals surface area contributed by atoms with Crippen LogP contribution in [-0.4, -0.2) is 42.8 Å². The van der Waals surface area contributed by atoms with E-state index in [0.29, 0.717) is 40.8 Å². The molecule has 1 saturated heterocycles. The Hall–Kier alpha value is -4.25. The quantitative estimate of drug-likeness (QED) is 0.240. The van der Waals surface area contributed by atoms with Crippen LogP contribution in [0.3, 0.4) is 0 Å². The van der Waals surface area contributed by atoms with Gasteiger partial charge in [-0.3, -0.25) is 4.79 Å². The second kappa shape index (κ2) is 11.6. The lowest BCUT2D eigenvalue weighted by Crippen LogP contribution is -2.33. The predicted octanol–water partition coefficient (Wildman–Crippen LogP) is 6.52. The van der Waals surface area contributed by atoms with Crippen molar-refractivity contribution in [3.05, 3.63) is 78.2 Å². The minimum absolute atomic E-state index is 0.0541. The molecule has 0 amide bonds. The number of hydrogen-bond donors (Lipinski definition) is 2. The topological polar surface area (TPSA) is 102 Å². The van der Waals surface area contributed by atoms with Gasteiger partial charge in [-0.25, -0.2) is 15.0 Å². The molecule has 2 N–H and O–H groups in total. The van der Waals surface area contributed by atoms with Gasteiger partial charge in [0.1, 0.15) is 17.6 Å². The zero-order valence-electron chi connectivity index (χ0n) is 23.5. The van der Waals surface area contributed by atoms with Gasteiger partial charge in [0, 0.05) is 42.2 Å². The van der Waals surface area contributed by atoms with E-state index in [1.54, 1.807) is 18.3 Å². The van der Waals surface area contributed by atoms with E-state index in [9.17, 15) is 23.1 Å². The number of alkyl halides is 3. The third-order valence-corrected chi connectivity index (χ3v) is 6.94. The summed E-state index contributed by atoms with van der Waals surface area (Å²) in [5.74, 6) is 0.464. The molecular formula is C31H32F3N5O3. The number of imidazole rings is 1. The van der Waals surface area contributed by atoms with Gasteiger partial charge in [-0.05, 0) is 30.3 Å². The number of aliphatic hydroxyl groups excluding tert-OH is 1. The molecule has 8 nitrogen and oxygen atoms in total. The Labute approximate surface area is 241 Å². The molecule has 2 aromatic carbocycles. The highest BCUT2D eigenvalue weighted by atomic mass is 19.4. The normalized spacial score (nSPS) is 17.6. The first-order valence-corrected chi connectivity index (χ1v) is 13.7. The molecule has 42 heavy (non-hydrogen) atoms. The summed E-state index contributed by atoms with van der Waals surface area (Å²) in [7, 11) is 0. The minimum Gasteiger partial charge on any atom is -0.462 e. The molecular weight excluding hydrogens is 547 g/mol. The van der Waals surface area contributed by atoms with Crippen molar-refractivity contribution in [2.45, 2.75) is 70.4 Å². The van der Waals surface area contributed by atoms with Gasteiger partial charge in [0.25, 0.3) is 0 Å². The van der Waals surface area contributed by atoms with Crippen LogP contribution in [0.1, 0.15) is 51.4 Å². The van der Waals surface area contributed by atoms with Crippen molar-refractivity contribution in [2.75, 3.05) is 5.32 Å². The van der Waals surface area contributed by atoms with Crippen LogP contribution in [0.2, 0.25) is 0 Å². The molecule has 0 saturated carbocycles. The number of halogens is 3. The fourth-order valence-corrected chi connectivity index (χ4v) is 5.07. The van der Waals surface area contributed by atoms with Crippen molar-refractivity contribution in [1.82, 2.24) is 19.5 Å². The maximum atomic E-state index is 13.8. The summed E-state index contributed by atoms with van der Waals surface area (Å²) < 4.78 is 48.8. The number of nitrogens with one attached hydrogen (secondary N) is 1. The number of anilines is 2. The number of aliphatic hydroxyl groups is 1. The zero-order chi connectivity index (χ0) is 30.1. The third kappa shape index (κ3) is 6.62. The maximum absolute atomic E-state index is 13.8. The molecule has 5 rings (SSSR count). The SMILES string of the molecule is CC(C)(C)c1nc(-c2ccnc(Nc3ccccc3)n2)c(-c2cccc(C(F)(F)F)c2)n1CCC1CC(O)CC(=O)O1. The molecule has 1 fully saturated rings. The average Bonchev–Trinajstić information content (AvgIpc) is 3.32. The number of para-hydroxylation sites is 1. The van der Waals surface area contributed by atoms with Crippen LogP contribution < -0.4 is 5.32 Å². The van der Waals surface area contributed by atoms with Crippen LogP contribution in [0.15, 0.2) is 66.9 Å². The molecule has 0 radical (unpaired) electrons. The molecule has 2 atom stereocenters. The number of nitrogens with zero attached hydrogens (tertiary/aromatic N) is 4. The average molecular weight is 580 g/mol. The largest absolute Gasteiger partial charge is 0.462 e.